The van der Waals surface area contributed by atoms with Crippen molar-refractivity contribution in [2.24, 2.45) is 16.7 Å². The van der Waals surface area contributed by atoms with E-state index in [-0.39, 0.29) is 22.5 Å². The second-order valence-corrected chi connectivity index (χ2v) is 6.61. The number of carbonyl (C=O) groups is 1. The lowest BCUT2D eigenvalue weighted by atomic mass is 10.0. The summed E-state index contributed by atoms with van der Waals surface area (Å²) >= 11 is 0. The van der Waals surface area contributed by atoms with Crippen LogP contribution in [0.1, 0.15) is 51.4 Å². The van der Waals surface area contributed by atoms with Crippen LogP contribution in [0.4, 0.5) is 0 Å². The quantitative estimate of drug-likeness (QED) is 0.736. The fourth-order valence-electron chi connectivity index (χ4n) is 2.95. The molecule has 1 aliphatic carbocycles. The molecular formula is C17H24O2. The van der Waals surface area contributed by atoms with E-state index in [0.29, 0.717) is 0 Å². The minimum Gasteiger partial charge on any atom is -0.494 e. The number of ether oxygens (including phenoxy) is 1. The molecule has 0 atom stereocenters. The monoisotopic (exact) mass is 260 g/mol. The first-order valence-electron chi connectivity index (χ1n) is 7.09. The van der Waals surface area contributed by atoms with Gasteiger partial charge in [0, 0.05) is 11.5 Å². The maximum absolute atomic E-state index is 12.5. The first-order chi connectivity index (χ1) is 8.82. The largest absolute Gasteiger partial charge is 0.494 e. The Morgan fingerprint density at radius 1 is 1.11 bits per heavy atom. The lowest BCUT2D eigenvalue weighted by Crippen LogP contribution is -2.07. The molecule has 0 unspecified atom stereocenters. The second kappa shape index (κ2) is 4.66. The fourth-order valence-corrected chi connectivity index (χ4v) is 2.95. The Bertz CT molecular complexity index is 455. The third kappa shape index (κ3) is 2.29. The Kier molecular flexibility index (Phi) is 3.46. The van der Waals surface area contributed by atoms with E-state index >= 15 is 0 Å². The predicted molar refractivity (Wildman–Crippen MR) is 77.6 cm³/mol. The summed E-state index contributed by atoms with van der Waals surface area (Å²) in [4.78, 5) is 12.5. The lowest BCUT2D eigenvalue weighted by Gasteiger charge is -2.06. The van der Waals surface area contributed by atoms with Crippen molar-refractivity contribution >= 4 is 5.78 Å². The van der Waals surface area contributed by atoms with Crippen LogP contribution in [0.5, 0.6) is 5.75 Å². The van der Waals surface area contributed by atoms with Crippen molar-refractivity contribution in [1.29, 1.82) is 0 Å². The zero-order valence-corrected chi connectivity index (χ0v) is 12.6. The van der Waals surface area contributed by atoms with Gasteiger partial charge in [-0.3, -0.25) is 4.79 Å². The number of hydrogen-bond donors (Lipinski definition) is 0. The van der Waals surface area contributed by atoms with Crippen molar-refractivity contribution < 1.29 is 9.53 Å². The Morgan fingerprint density at radius 3 is 2.05 bits per heavy atom. The lowest BCUT2D eigenvalue weighted by molar-refractivity contribution is 0.0945. The van der Waals surface area contributed by atoms with Crippen LogP contribution in [0, 0.1) is 16.7 Å². The Labute approximate surface area is 116 Å². The van der Waals surface area contributed by atoms with Crippen molar-refractivity contribution in [3.05, 3.63) is 29.8 Å². The number of ketones is 1. The summed E-state index contributed by atoms with van der Waals surface area (Å²) in [5.74, 6) is 1.23. The van der Waals surface area contributed by atoms with Crippen LogP contribution in [0.2, 0.25) is 0 Å². The number of benzene rings is 1. The minimum atomic E-state index is 0.0987. The van der Waals surface area contributed by atoms with Crippen molar-refractivity contribution in [1.82, 2.24) is 0 Å². The van der Waals surface area contributed by atoms with Gasteiger partial charge >= 0.3 is 0 Å². The van der Waals surface area contributed by atoms with Crippen LogP contribution >= 0.6 is 0 Å². The zero-order chi connectivity index (χ0) is 14.3. The average molecular weight is 260 g/mol. The molecule has 19 heavy (non-hydrogen) atoms. The third-order valence-electron chi connectivity index (χ3n) is 4.89. The topological polar surface area (TPSA) is 26.3 Å². The fraction of sp³-hybridized carbons (Fsp3) is 0.588. The van der Waals surface area contributed by atoms with Crippen molar-refractivity contribution in [3.63, 3.8) is 0 Å². The van der Waals surface area contributed by atoms with E-state index in [9.17, 15) is 4.79 Å². The van der Waals surface area contributed by atoms with Crippen molar-refractivity contribution in [3.8, 4) is 5.75 Å². The van der Waals surface area contributed by atoms with E-state index in [1.54, 1.807) is 0 Å². The van der Waals surface area contributed by atoms with Crippen LogP contribution in [-0.2, 0) is 0 Å². The SMILES string of the molecule is CCCOc1ccc(C(=O)C2C(C)(C)C2(C)C)cc1. The van der Waals surface area contributed by atoms with Gasteiger partial charge in [-0.15, -0.1) is 0 Å². The van der Waals surface area contributed by atoms with Gasteiger partial charge in [0.15, 0.2) is 5.78 Å². The van der Waals surface area contributed by atoms with Gasteiger partial charge in [0.05, 0.1) is 6.61 Å². The number of rotatable bonds is 5. The maximum Gasteiger partial charge on any atom is 0.167 e. The molecule has 0 saturated heterocycles. The molecule has 2 nitrogen and oxygen atoms in total. The maximum atomic E-state index is 12.5. The van der Waals surface area contributed by atoms with Gasteiger partial charge in [0.2, 0.25) is 0 Å². The van der Waals surface area contributed by atoms with Gasteiger partial charge in [0.1, 0.15) is 5.75 Å². The molecule has 0 N–H and O–H groups in total. The van der Waals surface area contributed by atoms with Crippen molar-refractivity contribution in [2.75, 3.05) is 6.61 Å². The van der Waals surface area contributed by atoms with E-state index in [1.807, 2.05) is 24.3 Å². The van der Waals surface area contributed by atoms with Gasteiger partial charge in [-0.25, -0.2) is 0 Å². The van der Waals surface area contributed by atoms with Crippen LogP contribution in [0.25, 0.3) is 0 Å². The Balaban J connectivity index is 2.09. The van der Waals surface area contributed by atoms with E-state index in [4.69, 9.17) is 4.74 Å². The molecule has 0 bridgehead atoms. The average Bonchev–Trinajstić information content (AvgIpc) is 2.77. The molecule has 2 rings (SSSR count). The summed E-state index contributed by atoms with van der Waals surface area (Å²) in [5, 5.41) is 0. The van der Waals surface area contributed by atoms with Crippen LogP contribution < -0.4 is 4.74 Å². The smallest absolute Gasteiger partial charge is 0.167 e. The number of hydrogen-bond acceptors (Lipinski definition) is 2. The molecule has 0 spiro atoms. The number of Topliss-reactive ketones (excluding diaryl/α,β-unsaturated/α-hetero) is 1. The summed E-state index contributed by atoms with van der Waals surface area (Å²) in [5.41, 5.74) is 0.996. The molecule has 1 aliphatic rings. The van der Waals surface area contributed by atoms with Gasteiger partial charge < -0.3 is 4.74 Å². The molecule has 1 aromatic rings. The highest BCUT2D eigenvalue weighted by atomic mass is 16.5. The Morgan fingerprint density at radius 2 is 1.63 bits per heavy atom. The second-order valence-electron chi connectivity index (χ2n) is 6.61. The van der Waals surface area contributed by atoms with E-state index < -0.39 is 0 Å². The highest BCUT2D eigenvalue weighted by Crippen LogP contribution is 2.69. The van der Waals surface area contributed by atoms with Gasteiger partial charge in [-0.2, -0.15) is 0 Å². The summed E-state index contributed by atoms with van der Waals surface area (Å²) in [7, 11) is 0. The molecular weight excluding hydrogens is 236 g/mol. The zero-order valence-electron chi connectivity index (χ0n) is 12.6. The van der Waals surface area contributed by atoms with Crippen LogP contribution in [0.3, 0.4) is 0 Å². The molecule has 0 heterocycles. The molecule has 1 saturated carbocycles. The predicted octanol–water partition coefficient (Wildman–Crippen LogP) is 4.34. The van der Waals surface area contributed by atoms with Crippen molar-refractivity contribution in [2.45, 2.75) is 41.0 Å². The first-order valence-corrected chi connectivity index (χ1v) is 7.09. The highest BCUT2D eigenvalue weighted by Gasteiger charge is 2.67. The molecule has 0 aromatic heterocycles. The summed E-state index contributed by atoms with van der Waals surface area (Å²) in [6.07, 6.45) is 0.991. The van der Waals surface area contributed by atoms with Crippen LogP contribution in [0.15, 0.2) is 24.3 Å². The third-order valence-corrected chi connectivity index (χ3v) is 4.89. The van der Waals surface area contributed by atoms with Gasteiger partial charge in [-0.05, 0) is 41.5 Å². The number of carbonyl (C=O) groups excluding carboxylic acids is 1. The molecule has 1 aromatic carbocycles. The molecule has 0 amide bonds. The molecule has 2 heteroatoms. The van der Waals surface area contributed by atoms with Crippen LogP contribution in [-0.4, -0.2) is 12.4 Å². The molecule has 0 radical (unpaired) electrons. The standard InChI is InChI=1S/C17H24O2/c1-6-11-19-13-9-7-12(8-10-13)14(18)15-16(2,3)17(15,4)5/h7-10,15H,6,11H2,1-5H3. The summed E-state index contributed by atoms with van der Waals surface area (Å²) in [6, 6.07) is 7.56. The summed E-state index contributed by atoms with van der Waals surface area (Å²) < 4.78 is 5.54. The molecule has 104 valence electrons. The van der Waals surface area contributed by atoms with Gasteiger partial charge in [0.25, 0.3) is 0 Å². The molecule has 0 aliphatic heterocycles. The van der Waals surface area contributed by atoms with E-state index in [2.05, 4.69) is 34.6 Å². The normalized spacial score (nSPS) is 20.1. The first kappa shape index (κ1) is 14.1. The minimum absolute atomic E-state index is 0.0987. The van der Waals surface area contributed by atoms with E-state index in [1.165, 1.54) is 0 Å². The highest BCUT2D eigenvalue weighted by molar-refractivity contribution is 6.01. The summed E-state index contributed by atoms with van der Waals surface area (Å²) in [6.45, 7) is 11.5. The Hall–Kier alpha value is -1.31. The van der Waals surface area contributed by atoms with Gasteiger partial charge in [-0.1, -0.05) is 34.6 Å². The molecule has 1 fully saturated rings. The van der Waals surface area contributed by atoms with E-state index in [0.717, 1.165) is 24.3 Å².